The van der Waals surface area contributed by atoms with Crippen molar-refractivity contribution in [1.29, 1.82) is 0 Å². The molecule has 1 aromatic heterocycles. The number of ether oxygens (including phenoxy) is 1. The van der Waals surface area contributed by atoms with Crippen LogP contribution in [0.3, 0.4) is 0 Å². The quantitative estimate of drug-likeness (QED) is 0.368. The molecule has 0 aliphatic heterocycles. The standard InChI is InChI=1S/C22H24N4O4S3/c1-15(2)11-13-30-18-7-3-16(4-8-18)20(27)25-21(31)24-17-5-9-19(10-6-17)33(28,29)26-22-23-12-14-32-22/h3-10,12,14-15H,11,13H2,1-2H3,(H,23,26)(H2,24,25,27,31). The van der Waals surface area contributed by atoms with Gasteiger partial charge >= 0.3 is 0 Å². The van der Waals surface area contributed by atoms with Gasteiger partial charge in [-0.25, -0.2) is 13.4 Å². The van der Waals surface area contributed by atoms with Gasteiger partial charge in [0.05, 0.1) is 11.5 Å². The Morgan fingerprint density at radius 2 is 1.82 bits per heavy atom. The number of aromatic nitrogens is 1. The molecule has 8 nitrogen and oxygen atoms in total. The van der Waals surface area contributed by atoms with Crippen LogP contribution in [0, 0.1) is 5.92 Å². The Hall–Kier alpha value is -3.02. The number of hydrogen-bond acceptors (Lipinski definition) is 7. The third-order valence-electron chi connectivity index (χ3n) is 4.38. The molecule has 0 radical (unpaired) electrons. The van der Waals surface area contributed by atoms with Gasteiger partial charge in [-0.3, -0.25) is 14.8 Å². The second-order valence-corrected chi connectivity index (χ2v) is 10.4. The Morgan fingerprint density at radius 3 is 2.42 bits per heavy atom. The maximum atomic E-state index is 12.4. The van der Waals surface area contributed by atoms with E-state index in [4.69, 9.17) is 17.0 Å². The minimum Gasteiger partial charge on any atom is -0.494 e. The minimum absolute atomic E-state index is 0.0777. The zero-order valence-corrected chi connectivity index (χ0v) is 20.5. The van der Waals surface area contributed by atoms with Crippen molar-refractivity contribution in [1.82, 2.24) is 10.3 Å². The Bertz CT molecular complexity index is 1180. The molecule has 0 atom stereocenters. The average molecular weight is 505 g/mol. The summed E-state index contributed by atoms with van der Waals surface area (Å²) < 4.78 is 32.8. The molecule has 0 unspecified atom stereocenters. The summed E-state index contributed by atoms with van der Waals surface area (Å²) in [4.78, 5) is 16.4. The number of thiazole rings is 1. The summed E-state index contributed by atoms with van der Waals surface area (Å²) in [6.45, 7) is 4.88. The summed E-state index contributed by atoms with van der Waals surface area (Å²) in [5.41, 5.74) is 0.965. The van der Waals surface area contributed by atoms with E-state index < -0.39 is 10.0 Å². The van der Waals surface area contributed by atoms with Gasteiger partial charge in [-0.2, -0.15) is 0 Å². The summed E-state index contributed by atoms with van der Waals surface area (Å²) in [6, 6.07) is 12.8. The number of carbonyl (C=O) groups excluding carboxylic acids is 1. The summed E-state index contributed by atoms with van der Waals surface area (Å²) >= 11 is 6.38. The zero-order valence-electron chi connectivity index (χ0n) is 18.1. The van der Waals surface area contributed by atoms with Gasteiger partial charge in [0, 0.05) is 22.8 Å². The first-order valence-electron chi connectivity index (χ1n) is 10.1. The van der Waals surface area contributed by atoms with E-state index in [1.165, 1.54) is 29.7 Å². The molecule has 0 spiro atoms. The van der Waals surface area contributed by atoms with Crippen molar-refractivity contribution in [2.45, 2.75) is 25.2 Å². The highest BCUT2D eigenvalue weighted by atomic mass is 32.2. The molecule has 0 fully saturated rings. The second-order valence-electron chi connectivity index (χ2n) is 7.43. The fourth-order valence-electron chi connectivity index (χ4n) is 2.62. The maximum Gasteiger partial charge on any atom is 0.263 e. The molecule has 3 aromatic rings. The van der Waals surface area contributed by atoms with E-state index >= 15 is 0 Å². The first kappa shape index (κ1) is 24.6. The smallest absolute Gasteiger partial charge is 0.263 e. The van der Waals surface area contributed by atoms with E-state index in [1.807, 2.05) is 0 Å². The van der Waals surface area contributed by atoms with Gasteiger partial charge in [0.1, 0.15) is 5.75 Å². The number of carbonyl (C=O) groups is 1. The van der Waals surface area contributed by atoms with Crippen molar-refractivity contribution in [3.05, 3.63) is 65.7 Å². The molecule has 1 heterocycles. The fraction of sp³-hybridized carbons (Fsp3) is 0.227. The summed E-state index contributed by atoms with van der Waals surface area (Å²) in [7, 11) is -3.74. The van der Waals surface area contributed by atoms with Crippen molar-refractivity contribution >= 4 is 55.4 Å². The maximum absolute atomic E-state index is 12.4. The van der Waals surface area contributed by atoms with Crippen LogP contribution in [0.15, 0.2) is 65.0 Å². The van der Waals surface area contributed by atoms with Crippen LogP contribution in [0.2, 0.25) is 0 Å². The number of sulfonamides is 1. The molecule has 0 aliphatic rings. The molecule has 0 saturated carbocycles. The van der Waals surface area contributed by atoms with E-state index in [0.29, 0.717) is 29.5 Å². The van der Waals surface area contributed by atoms with Crippen molar-refractivity contribution in [3.63, 3.8) is 0 Å². The molecule has 11 heteroatoms. The van der Waals surface area contributed by atoms with Crippen LogP contribution >= 0.6 is 23.6 Å². The summed E-state index contributed by atoms with van der Waals surface area (Å²) in [6.07, 6.45) is 2.47. The second kappa shape index (κ2) is 11.2. The SMILES string of the molecule is CC(C)CCOc1ccc(C(=O)NC(=S)Nc2ccc(S(=O)(=O)Nc3nccs3)cc2)cc1. The third-order valence-corrected chi connectivity index (χ3v) is 6.76. The van der Waals surface area contributed by atoms with Gasteiger partial charge in [0.25, 0.3) is 15.9 Å². The lowest BCUT2D eigenvalue weighted by atomic mass is 10.1. The number of nitrogens with one attached hydrogen (secondary N) is 3. The van der Waals surface area contributed by atoms with Crippen LogP contribution in [0.1, 0.15) is 30.6 Å². The topological polar surface area (TPSA) is 109 Å². The number of hydrogen-bond donors (Lipinski definition) is 3. The highest BCUT2D eigenvalue weighted by molar-refractivity contribution is 7.93. The van der Waals surface area contributed by atoms with Crippen LogP contribution in [-0.2, 0) is 10.0 Å². The predicted molar refractivity (Wildman–Crippen MR) is 134 cm³/mol. The fourth-order valence-corrected chi connectivity index (χ4v) is 4.62. The average Bonchev–Trinajstić information content (AvgIpc) is 3.26. The van der Waals surface area contributed by atoms with Crippen LogP contribution < -0.4 is 20.1 Å². The van der Waals surface area contributed by atoms with Gasteiger partial charge in [0.15, 0.2) is 10.2 Å². The Labute approximate surface area is 202 Å². The monoisotopic (exact) mass is 504 g/mol. The van der Waals surface area contributed by atoms with Crippen molar-refractivity contribution in [2.24, 2.45) is 5.92 Å². The number of rotatable bonds is 9. The normalized spacial score (nSPS) is 11.1. The molecule has 0 aliphatic carbocycles. The van der Waals surface area contributed by atoms with E-state index in [1.54, 1.807) is 41.8 Å². The first-order valence-corrected chi connectivity index (χ1v) is 12.9. The highest BCUT2D eigenvalue weighted by Gasteiger charge is 2.15. The van der Waals surface area contributed by atoms with Crippen LogP contribution in [0.5, 0.6) is 5.75 Å². The summed E-state index contributed by atoms with van der Waals surface area (Å²) in [5.74, 6) is 0.893. The van der Waals surface area contributed by atoms with E-state index in [-0.39, 0.29) is 21.0 Å². The number of anilines is 2. The summed E-state index contributed by atoms with van der Waals surface area (Å²) in [5, 5.41) is 7.52. The number of amides is 1. The molecule has 33 heavy (non-hydrogen) atoms. The van der Waals surface area contributed by atoms with Gasteiger partial charge in [-0.05, 0) is 73.1 Å². The van der Waals surface area contributed by atoms with Crippen molar-refractivity contribution in [3.8, 4) is 5.75 Å². The molecule has 0 saturated heterocycles. The van der Waals surface area contributed by atoms with Crippen molar-refractivity contribution in [2.75, 3.05) is 16.6 Å². The number of nitrogens with zero attached hydrogens (tertiary/aromatic N) is 1. The molecule has 2 aromatic carbocycles. The molecule has 1 amide bonds. The molecule has 3 rings (SSSR count). The van der Waals surface area contributed by atoms with Crippen molar-refractivity contribution < 1.29 is 17.9 Å². The lowest BCUT2D eigenvalue weighted by molar-refractivity contribution is 0.0977. The molecule has 3 N–H and O–H groups in total. The Kier molecular flexibility index (Phi) is 8.37. The lowest BCUT2D eigenvalue weighted by Gasteiger charge is -2.11. The van der Waals surface area contributed by atoms with E-state index in [9.17, 15) is 13.2 Å². The molecule has 0 bridgehead atoms. The number of thiocarbonyl (C=S) groups is 1. The van der Waals surface area contributed by atoms with Gasteiger partial charge in [-0.1, -0.05) is 13.8 Å². The molecular weight excluding hydrogens is 480 g/mol. The number of benzene rings is 2. The van der Waals surface area contributed by atoms with E-state index in [0.717, 1.165) is 6.42 Å². The van der Waals surface area contributed by atoms with Crippen LogP contribution in [0.4, 0.5) is 10.8 Å². The Balaban J connectivity index is 1.52. The van der Waals surface area contributed by atoms with Gasteiger partial charge in [0.2, 0.25) is 0 Å². The van der Waals surface area contributed by atoms with Gasteiger partial charge in [-0.15, -0.1) is 11.3 Å². The first-order chi connectivity index (χ1) is 15.7. The zero-order chi connectivity index (χ0) is 23.8. The van der Waals surface area contributed by atoms with Gasteiger partial charge < -0.3 is 10.1 Å². The molecule has 174 valence electrons. The van der Waals surface area contributed by atoms with Crippen LogP contribution in [-0.4, -0.2) is 31.0 Å². The molecular formula is C22H24N4O4S3. The lowest BCUT2D eigenvalue weighted by Crippen LogP contribution is -2.34. The predicted octanol–water partition coefficient (Wildman–Crippen LogP) is 4.50. The third kappa shape index (κ3) is 7.52. The minimum atomic E-state index is -3.74. The van der Waals surface area contributed by atoms with Crippen LogP contribution in [0.25, 0.3) is 0 Å². The largest absolute Gasteiger partial charge is 0.494 e. The Morgan fingerprint density at radius 1 is 1.12 bits per heavy atom. The van der Waals surface area contributed by atoms with E-state index in [2.05, 4.69) is 34.2 Å². The highest BCUT2D eigenvalue weighted by Crippen LogP contribution is 2.19.